The number of nitrogens with zero attached hydrogens (tertiary/aromatic N) is 1. The highest BCUT2D eigenvalue weighted by Gasteiger charge is 2.30. The SMILES string of the molecule is CCNC(=O)[C@@H](Cc1ccccc1)N(Cc1ccccc1F)C(=O)Cc1cc(C)cc(C)c1. The molecule has 0 saturated heterocycles. The van der Waals surface area contributed by atoms with Gasteiger partial charge in [-0.2, -0.15) is 0 Å². The van der Waals surface area contributed by atoms with E-state index in [0.717, 1.165) is 22.3 Å². The molecule has 3 rings (SSSR count). The number of carbonyl (C=O) groups is 2. The van der Waals surface area contributed by atoms with E-state index in [0.29, 0.717) is 18.5 Å². The van der Waals surface area contributed by atoms with Crippen LogP contribution in [0.4, 0.5) is 4.39 Å². The molecule has 0 unspecified atom stereocenters. The molecule has 172 valence electrons. The lowest BCUT2D eigenvalue weighted by atomic mass is 10.00. The minimum atomic E-state index is -0.759. The number of amides is 2. The lowest BCUT2D eigenvalue weighted by molar-refractivity contribution is -0.140. The van der Waals surface area contributed by atoms with Crippen LogP contribution in [0.25, 0.3) is 0 Å². The van der Waals surface area contributed by atoms with Crippen LogP contribution in [-0.2, 0) is 29.0 Å². The quantitative estimate of drug-likeness (QED) is 0.515. The summed E-state index contributed by atoms with van der Waals surface area (Å²) in [6.45, 7) is 6.29. The van der Waals surface area contributed by atoms with Crippen molar-refractivity contribution in [3.63, 3.8) is 0 Å². The number of carbonyl (C=O) groups excluding carboxylic acids is 2. The number of rotatable bonds is 9. The van der Waals surface area contributed by atoms with Crippen molar-refractivity contribution in [1.82, 2.24) is 10.2 Å². The third-order valence-corrected chi connectivity index (χ3v) is 5.56. The van der Waals surface area contributed by atoms with E-state index in [1.54, 1.807) is 18.2 Å². The van der Waals surface area contributed by atoms with E-state index in [1.807, 2.05) is 63.2 Å². The van der Waals surface area contributed by atoms with Gasteiger partial charge < -0.3 is 10.2 Å². The Labute approximate surface area is 195 Å². The van der Waals surface area contributed by atoms with Gasteiger partial charge in [-0.3, -0.25) is 9.59 Å². The van der Waals surface area contributed by atoms with Gasteiger partial charge in [0.2, 0.25) is 11.8 Å². The maximum Gasteiger partial charge on any atom is 0.243 e. The fourth-order valence-corrected chi connectivity index (χ4v) is 4.10. The smallest absolute Gasteiger partial charge is 0.243 e. The molecule has 0 aliphatic rings. The minimum Gasteiger partial charge on any atom is -0.355 e. The molecule has 0 fully saturated rings. The van der Waals surface area contributed by atoms with E-state index >= 15 is 0 Å². The summed E-state index contributed by atoms with van der Waals surface area (Å²) in [5.74, 6) is -0.849. The van der Waals surface area contributed by atoms with Crippen molar-refractivity contribution in [1.29, 1.82) is 0 Å². The van der Waals surface area contributed by atoms with Crippen LogP contribution in [0, 0.1) is 19.7 Å². The van der Waals surface area contributed by atoms with Gasteiger partial charge in [0.1, 0.15) is 11.9 Å². The van der Waals surface area contributed by atoms with Crippen LogP contribution in [0.2, 0.25) is 0 Å². The summed E-state index contributed by atoms with van der Waals surface area (Å²) in [7, 11) is 0. The van der Waals surface area contributed by atoms with Crippen LogP contribution >= 0.6 is 0 Å². The third-order valence-electron chi connectivity index (χ3n) is 5.56. The summed E-state index contributed by atoms with van der Waals surface area (Å²) in [4.78, 5) is 28.3. The second-order valence-corrected chi connectivity index (χ2v) is 8.39. The monoisotopic (exact) mass is 446 g/mol. The van der Waals surface area contributed by atoms with Gasteiger partial charge in [0.15, 0.2) is 0 Å². The van der Waals surface area contributed by atoms with Crippen LogP contribution in [0.5, 0.6) is 0 Å². The highest BCUT2D eigenvalue weighted by Crippen LogP contribution is 2.19. The molecule has 1 N–H and O–H groups in total. The van der Waals surface area contributed by atoms with Gasteiger partial charge in [-0.15, -0.1) is 0 Å². The third kappa shape index (κ3) is 6.75. The maximum absolute atomic E-state index is 14.5. The first kappa shape index (κ1) is 24.2. The molecule has 33 heavy (non-hydrogen) atoms. The predicted molar refractivity (Wildman–Crippen MR) is 129 cm³/mol. The highest BCUT2D eigenvalue weighted by molar-refractivity contribution is 5.88. The molecule has 4 nitrogen and oxygen atoms in total. The lowest BCUT2D eigenvalue weighted by Crippen LogP contribution is -2.51. The second kappa shape index (κ2) is 11.4. The summed E-state index contributed by atoms with van der Waals surface area (Å²) in [6, 6.07) is 21.2. The predicted octanol–water partition coefficient (Wildman–Crippen LogP) is 4.76. The molecule has 0 aliphatic heterocycles. The van der Waals surface area contributed by atoms with E-state index in [4.69, 9.17) is 0 Å². The number of hydrogen-bond acceptors (Lipinski definition) is 2. The van der Waals surface area contributed by atoms with E-state index in [1.165, 1.54) is 11.0 Å². The zero-order valence-electron chi connectivity index (χ0n) is 19.5. The van der Waals surface area contributed by atoms with Crippen LogP contribution in [0.3, 0.4) is 0 Å². The van der Waals surface area contributed by atoms with Gasteiger partial charge in [0.25, 0.3) is 0 Å². The maximum atomic E-state index is 14.5. The Morgan fingerprint density at radius 3 is 2.18 bits per heavy atom. The normalized spacial score (nSPS) is 11.6. The Kier molecular flexibility index (Phi) is 8.36. The molecule has 0 bridgehead atoms. The average Bonchev–Trinajstić information content (AvgIpc) is 2.77. The molecule has 0 aliphatic carbocycles. The van der Waals surface area contributed by atoms with Crippen molar-refractivity contribution in [2.24, 2.45) is 0 Å². The van der Waals surface area contributed by atoms with Crippen LogP contribution in [0.1, 0.15) is 34.7 Å². The summed E-state index contributed by atoms with van der Waals surface area (Å²) >= 11 is 0. The summed E-state index contributed by atoms with van der Waals surface area (Å²) in [5.41, 5.74) is 4.34. The van der Waals surface area contributed by atoms with Crippen molar-refractivity contribution < 1.29 is 14.0 Å². The zero-order chi connectivity index (χ0) is 23.8. The Hall–Kier alpha value is -3.47. The van der Waals surface area contributed by atoms with Crippen molar-refractivity contribution in [3.05, 3.63) is 106 Å². The number of benzene rings is 3. The molecule has 0 aromatic heterocycles. The van der Waals surface area contributed by atoms with Gasteiger partial charge in [-0.05, 0) is 38.0 Å². The van der Waals surface area contributed by atoms with E-state index in [2.05, 4.69) is 11.4 Å². The van der Waals surface area contributed by atoms with Gasteiger partial charge in [0.05, 0.1) is 6.42 Å². The van der Waals surface area contributed by atoms with E-state index in [-0.39, 0.29) is 24.8 Å². The van der Waals surface area contributed by atoms with Crippen molar-refractivity contribution in [2.75, 3.05) is 6.54 Å². The van der Waals surface area contributed by atoms with Crippen LogP contribution in [0.15, 0.2) is 72.8 Å². The summed E-state index contributed by atoms with van der Waals surface area (Å²) in [6.07, 6.45) is 0.487. The minimum absolute atomic E-state index is 0.0188. The Bertz CT molecular complexity index is 1080. The fraction of sp³-hybridized carbons (Fsp3) is 0.286. The molecule has 3 aromatic carbocycles. The average molecular weight is 447 g/mol. The van der Waals surface area contributed by atoms with Gasteiger partial charge in [-0.1, -0.05) is 77.9 Å². The topological polar surface area (TPSA) is 49.4 Å². The molecule has 0 saturated carbocycles. The largest absolute Gasteiger partial charge is 0.355 e. The first-order valence-electron chi connectivity index (χ1n) is 11.3. The number of halogens is 1. The molecule has 0 spiro atoms. The lowest BCUT2D eigenvalue weighted by Gasteiger charge is -2.31. The van der Waals surface area contributed by atoms with Crippen molar-refractivity contribution in [2.45, 2.75) is 46.2 Å². The zero-order valence-corrected chi connectivity index (χ0v) is 19.5. The number of nitrogens with one attached hydrogen (secondary N) is 1. The number of likely N-dealkylation sites (N-methyl/N-ethyl adjacent to an activating group) is 1. The van der Waals surface area contributed by atoms with Crippen LogP contribution < -0.4 is 5.32 Å². The highest BCUT2D eigenvalue weighted by atomic mass is 19.1. The molecule has 2 amide bonds. The van der Waals surface area contributed by atoms with E-state index < -0.39 is 11.9 Å². The Balaban J connectivity index is 1.98. The number of hydrogen-bond donors (Lipinski definition) is 1. The van der Waals surface area contributed by atoms with Gasteiger partial charge >= 0.3 is 0 Å². The molecule has 3 aromatic rings. The van der Waals surface area contributed by atoms with Gasteiger partial charge in [-0.25, -0.2) is 4.39 Å². The van der Waals surface area contributed by atoms with Crippen molar-refractivity contribution >= 4 is 11.8 Å². The standard InChI is InChI=1S/C28H31FN2O2/c1-4-30-28(33)26(17-22-10-6-5-7-11-22)31(19-24-12-8-9-13-25(24)29)27(32)18-23-15-20(2)14-21(3)16-23/h5-16,26H,4,17-19H2,1-3H3,(H,30,33)/t26-/m1/s1. The first-order chi connectivity index (χ1) is 15.9. The molecular formula is C28H31FN2O2. The van der Waals surface area contributed by atoms with E-state index in [9.17, 15) is 14.0 Å². The molecule has 0 radical (unpaired) electrons. The summed E-state index contributed by atoms with van der Waals surface area (Å²) < 4.78 is 14.5. The first-order valence-corrected chi connectivity index (χ1v) is 11.3. The van der Waals surface area contributed by atoms with Crippen molar-refractivity contribution in [3.8, 4) is 0 Å². The molecule has 0 heterocycles. The molecular weight excluding hydrogens is 415 g/mol. The van der Waals surface area contributed by atoms with Crippen LogP contribution in [-0.4, -0.2) is 29.3 Å². The molecule has 1 atom stereocenters. The number of aryl methyl sites for hydroxylation is 2. The Morgan fingerprint density at radius 1 is 0.909 bits per heavy atom. The fourth-order valence-electron chi connectivity index (χ4n) is 4.10. The Morgan fingerprint density at radius 2 is 1.55 bits per heavy atom. The van der Waals surface area contributed by atoms with Gasteiger partial charge in [0, 0.05) is 25.1 Å². The molecule has 5 heteroatoms. The summed E-state index contributed by atoms with van der Waals surface area (Å²) in [5, 5.41) is 2.86. The second-order valence-electron chi connectivity index (χ2n) is 8.39.